The fourth-order valence-electron chi connectivity index (χ4n) is 3.57. The Balaban J connectivity index is 1.60. The number of likely N-dealkylation sites (tertiary alicyclic amines) is 1. The second-order valence-corrected chi connectivity index (χ2v) is 8.25. The molecule has 1 saturated heterocycles. The SMILES string of the molecule is O=C(COc1ccc(Cl)c(F)c1)N[C@H]1CC[C@H](C(=O)Nc2cc(C(F)(F)F)ccc2F)N(C(=O)O)C1. The van der Waals surface area contributed by atoms with Crippen molar-refractivity contribution in [2.45, 2.75) is 31.1 Å². The number of benzene rings is 2. The van der Waals surface area contributed by atoms with Gasteiger partial charge in [-0.1, -0.05) is 11.6 Å². The van der Waals surface area contributed by atoms with E-state index in [0.29, 0.717) is 23.1 Å². The summed E-state index contributed by atoms with van der Waals surface area (Å²) in [6, 6.07) is 2.99. The molecule has 3 N–H and O–H groups in total. The molecular weight excluding hydrogens is 517 g/mol. The Kier molecular flexibility index (Phi) is 8.23. The van der Waals surface area contributed by atoms with Gasteiger partial charge in [-0.25, -0.2) is 13.6 Å². The average Bonchev–Trinajstić information content (AvgIpc) is 2.80. The maximum atomic E-state index is 14.0. The van der Waals surface area contributed by atoms with Crippen LogP contribution in [0.5, 0.6) is 5.75 Å². The van der Waals surface area contributed by atoms with Gasteiger partial charge in [0.25, 0.3) is 5.91 Å². The first-order chi connectivity index (χ1) is 16.8. The van der Waals surface area contributed by atoms with Gasteiger partial charge in [-0.05, 0) is 43.2 Å². The van der Waals surface area contributed by atoms with Gasteiger partial charge in [0.2, 0.25) is 5.91 Å². The van der Waals surface area contributed by atoms with E-state index in [1.54, 1.807) is 0 Å². The third-order valence-corrected chi connectivity index (χ3v) is 5.61. The topological polar surface area (TPSA) is 108 Å². The first kappa shape index (κ1) is 27.0. The zero-order valence-electron chi connectivity index (χ0n) is 18.2. The number of rotatable bonds is 6. The van der Waals surface area contributed by atoms with Gasteiger partial charge in [-0.15, -0.1) is 0 Å². The van der Waals surface area contributed by atoms with Crippen molar-refractivity contribution >= 4 is 35.2 Å². The predicted octanol–water partition coefficient (Wildman–Crippen LogP) is 4.28. The third kappa shape index (κ3) is 6.74. The highest BCUT2D eigenvalue weighted by Crippen LogP contribution is 2.32. The number of ether oxygens (including phenoxy) is 1. The highest BCUT2D eigenvalue weighted by Gasteiger charge is 2.37. The largest absolute Gasteiger partial charge is 0.484 e. The Hall–Kier alpha value is -3.61. The number of nitrogens with zero attached hydrogens (tertiary/aromatic N) is 1. The van der Waals surface area contributed by atoms with E-state index < -0.39 is 65.7 Å². The maximum Gasteiger partial charge on any atom is 0.416 e. The van der Waals surface area contributed by atoms with Crippen LogP contribution in [0, 0.1) is 11.6 Å². The molecule has 1 fully saturated rings. The molecule has 0 aromatic heterocycles. The zero-order valence-corrected chi connectivity index (χ0v) is 19.0. The Bertz CT molecular complexity index is 1160. The highest BCUT2D eigenvalue weighted by atomic mass is 35.5. The van der Waals surface area contributed by atoms with Crippen LogP contribution in [0.4, 0.5) is 32.4 Å². The number of alkyl halides is 3. The number of hydrogen-bond donors (Lipinski definition) is 3. The molecular formula is C22H19ClF5N3O5. The van der Waals surface area contributed by atoms with Crippen molar-refractivity contribution in [2.24, 2.45) is 0 Å². The molecule has 0 unspecified atom stereocenters. The molecule has 2 atom stereocenters. The molecule has 0 radical (unpaired) electrons. The minimum atomic E-state index is -4.78. The van der Waals surface area contributed by atoms with E-state index in [-0.39, 0.29) is 30.2 Å². The fraction of sp³-hybridized carbons (Fsp3) is 0.318. The van der Waals surface area contributed by atoms with E-state index in [2.05, 4.69) is 5.32 Å². The van der Waals surface area contributed by atoms with Gasteiger partial charge in [0.1, 0.15) is 23.4 Å². The molecule has 1 aliphatic heterocycles. The minimum absolute atomic E-state index is 0.0430. The summed E-state index contributed by atoms with van der Waals surface area (Å²) in [7, 11) is 0. The van der Waals surface area contributed by atoms with Gasteiger partial charge in [-0.2, -0.15) is 13.2 Å². The van der Waals surface area contributed by atoms with E-state index in [1.165, 1.54) is 12.1 Å². The van der Waals surface area contributed by atoms with Crippen molar-refractivity contribution in [3.63, 3.8) is 0 Å². The number of hydrogen-bond acceptors (Lipinski definition) is 4. The lowest BCUT2D eigenvalue weighted by atomic mass is 9.97. The van der Waals surface area contributed by atoms with Crippen molar-refractivity contribution in [1.82, 2.24) is 10.2 Å². The molecule has 194 valence electrons. The van der Waals surface area contributed by atoms with Crippen LogP contribution in [0.15, 0.2) is 36.4 Å². The van der Waals surface area contributed by atoms with Crippen molar-refractivity contribution in [2.75, 3.05) is 18.5 Å². The number of carbonyl (C=O) groups excluding carboxylic acids is 2. The molecule has 0 saturated carbocycles. The van der Waals surface area contributed by atoms with E-state index >= 15 is 0 Å². The molecule has 14 heteroatoms. The number of amides is 3. The summed E-state index contributed by atoms with van der Waals surface area (Å²) in [6.07, 6.45) is -6.27. The lowest BCUT2D eigenvalue weighted by Crippen LogP contribution is -2.57. The van der Waals surface area contributed by atoms with Crippen LogP contribution in [0.25, 0.3) is 0 Å². The van der Waals surface area contributed by atoms with Crippen LogP contribution in [0.3, 0.4) is 0 Å². The summed E-state index contributed by atoms with van der Waals surface area (Å²) in [5.41, 5.74) is -1.93. The van der Waals surface area contributed by atoms with Gasteiger partial charge in [0.15, 0.2) is 6.61 Å². The molecule has 1 aliphatic rings. The molecule has 3 amide bonds. The summed E-state index contributed by atoms with van der Waals surface area (Å²) in [6.45, 7) is -0.830. The maximum absolute atomic E-state index is 14.0. The van der Waals surface area contributed by atoms with Crippen LogP contribution in [-0.2, 0) is 15.8 Å². The van der Waals surface area contributed by atoms with Gasteiger partial charge in [-0.3, -0.25) is 14.5 Å². The van der Waals surface area contributed by atoms with E-state index in [4.69, 9.17) is 16.3 Å². The Morgan fingerprint density at radius 1 is 1.08 bits per heavy atom. The van der Waals surface area contributed by atoms with Gasteiger partial charge < -0.3 is 20.5 Å². The number of carbonyl (C=O) groups is 3. The van der Waals surface area contributed by atoms with Crippen molar-refractivity contribution < 1.29 is 46.2 Å². The van der Waals surface area contributed by atoms with E-state index in [1.807, 2.05) is 5.32 Å². The monoisotopic (exact) mass is 535 g/mol. The summed E-state index contributed by atoms with van der Waals surface area (Å²) in [5.74, 6) is -3.49. The molecule has 8 nitrogen and oxygen atoms in total. The first-order valence-electron chi connectivity index (χ1n) is 10.4. The Morgan fingerprint density at radius 2 is 1.81 bits per heavy atom. The number of nitrogens with one attached hydrogen (secondary N) is 2. The highest BCUT2D eigenvalue weighted by molar-refractivity contribution is 6.30. The summed E-state index contributed by atoms with van der Waals surface area (Å²) in [4.78, 5) is 37.2. The number of piperidine rings is 1. The van der Waals surface area contributed by atoms with Gasteiger partial charge in [0, 0.05) is 18.7 Å². The summed E-state index contributed by atoms with van der Waals surface area (Å²) in [5, 5.41) is 13.9. The van der Waals surface area contributed by atoms with Crippen LogP contribution in [0.1, 0.15) is 18.4 Å². The normalized spacial score (nSPS) is 17.9. The molecule has 0 aliphatic carbocycles. The fourth-order valence-corrected chi connectivity index (χ4v) is 3.69. The second-order valence-electron chi connectivity index (χ2n) is 7.84. The smallest absolute Gasteiger partial charge is 0.416 e. The van der Waals surface area contributed by atoms with Crippen molar-refractivity contribution in [3.8, 4) is 5.75 Å². The molecule has 0 bridgehead atoms. The van der Waals surface area contributed by atoms with E-state index in [0.717, 1.165) is 6.07 Å². The van der Waals surface area contributed by atoms with Crippen LogP contribution in [0.2, 0.25) is 5.02 Å². The summed E-state index contributed by atoms with van der Waals surface area (Å²) >= 11 is 5.57. The Morgan fingerprint density at radius 3 is 2.44 bits per heavy atom. The molecule has 36 heavy (non-hydrogen) atoms. The Labute approximate surface area is 206 Å². The molecule has 0 spiro atoms. The molecule has 1 heterocycles. The van der Waals surface area contributed by atoms with Crippen molar-refractivity contribution in [1.29, 1.82) is 0 Å². The quantitative estimate of drug-likeness (QED) is 0.479. The molecule has 3 rings (SSSR count). The summed E-state index contributed by atoms with van der Waals surface area (Å²) < 4.78 is 71.3. The molecule has 2 aromatic rings. The second kappa shape index (κ2) is 11.0. The van der Waals surface area contributed by atoms with Crippen molar-refractivity contribution in [3.05, 3.63) is 58.6 Å². The number of carboxylic acid groups (broad SMARTS) is 1. The van der Waals surface area contributed by atoms with Crippen LogP contribution < -0.4 is 15.4 Å². The average molecular weight is 536 g/mol. The number of anilines is 1. The van der Waals surface area contributed by atoms with E-state index in [9.17, 15) is 41.4 Å². The standard InChI is InChI=1S/C22H19ClF5N3O5/c23-14-4-3-13(8-16(14)25)36-10-19(32)29-12-2-6-18(31(9-12)21(34)35)20(33)30-17-7-11(22(26,27)28)1-5-15(17)24/h1,3-5,7-8,12,18H,2,6,9-10H2,(H,29,32)(H,30,33)(H,34,35)/t12-,18+/m0/s1. The minimum Gasteiger partial charge on any atom is -0.484 e. The van der Waals surface area contributed by atoms with Gasteiger partial charge >= 0.3 is 12.3 Å². The van der Waals surface area contributed by atoms with Crippen LogP contribution >= 0.6 is 11.6 Å². The zero-order chi connectivity index (χ0) is 26.6. The lowest BCUT2D eigenvalue weighted by Gasteiger charge is -2.37. The van der Waals surface area contributed by atoms with Crippen LogP contribution in [-0.4, -0.2) is 53.1 Å². The molecule has 2 aromatic carbocycles. The predicted molar refractivity (Wildman–Crippen MR) is 117 cm³/mol. The lowest BCUT2D eigenvalue weighted by molar-refractivity contribution is -0.137. The van der Waals surface area contributed by atoms with Gasteiger partial charge in [0.05, 0.1) is 16.3 Å². The number of halogens is 6. The third-order valence-electron chi connectivity index (χ3n) is 5.31. The first-order valence-corrected chi connectivity index (χ1v) is 10.8.